The van der Waals surface area contributed by atoms with Gasteiger partial charge in [-0.2, -0.15) is 0 Å². The fourth-order valence-electron chi connectivity index (χ4n) is 2.59. The topological polar surface area (TPSA) is 61.4 Å². The van der Waals surface area contributed by atoms with Crippen LogP contribution in [0.3, 0.4) is 0 Å². The van der Waals surface area contributed by atoms with Crippen molar-refractivity contribution in [1.82, 2.24) is 15.5 Å². The molecule has 0 spiro atoms. The van der Waals surface area contributed by atoms with Crippen molar-refractivity contribution in [3.05, 3.63) is 70.2 Å². The van der Waals surface area contributed by atoms with Crippen LogP contribution in [0.25, 0.3) is 0 Å². The smallest absolute Gasteiger partial charge is 0.251 e. The van der Waals surface area contributed by atoms with Gasteiger partial charge in [0.2, 0.25) is 0 Å². The Morgan fingerprint density at radius 1 is 0.926 bits per heavy atom. The van der Waals surface area contributed by atoms with E-state index in [2.05, 4.69) is 15.5 Å². The SMILES string of the molecule is CN(C)CCCNC(=O)c1ccc(C(=O)NCCc2cccc(Cl)c2)cc1. The van der Waals surface area contributed by atoms with E-state index >= 15 is 0 Å². The normalized spacial score (nSPS) is 10.7. The largest absolute Gasteiger partial charge is 0.352 e. The highest BCUT2D eigenvalue weighted by Gasteiger charge is 2.08. The van der Waals surface area contributed by atoms with Gasteiger partial charge in [0.25, 0.3) is 11.8 Å². The van der Waals surface area contributed by atoms with Gasteiger partial charge in [0, 0.05) is 29.2 Å². The van der Waals surface area contributed by atoms with Gasteiger partial charge in [0.05, 0.1) is 0 Å². The van der Waals surface area contributed by atoms with Crippen molar-refractivity contribution in [1.29, 1.82) is 0 Å². The molecule has 0 aliphatic rings. The molecular weight excluding hydrogens is 362 g/mol. The average Bonchev–Trinajstić information content (AvgIpc) is 2.65. The van der Waals surface area contributed by atoms with Crippen molar-refractivity contribution in [3.8, 4) is 0 Å². The van der Waals surface area contributed by atoms with E-state index in [1.165, 1.54) is 0 Å². The maximum atomic E-state index is 12.2. The molecule has 0 unspecified atom stereocenters. The number of carbonyl (C=O) groups excluding carboxylic acids is 2. The van der Waals surface area contributed by atoms with Crippen LogP contribution in [0, 0.1) is 0 Å². The first-order chi connectivity index (χ1) is 13.0. The Morgan fingerprint density at radius 2 is 1.52 bits per heavy atom. The van der Waals surface area contributed by atoms with E-state index in [0.717, 1.165) is 18.5 Å². The number of nitrogens with one attached hydrogen (secondary N) is 2. The van der Waals surface area contributed by atoms with Gasteiger partial charge in [-0.25, -0.2) is 0 Å². The Bertz CT molecular complexity index is 760. The lowest BCUT2D eigenvalue weighted by molar-refractivity contribution is 0.0941. The molecule has 2 rings (SSSR count). The molecule has 27 heavy (non-hydrogen) atoms. The van der Waals surface area contributed by atoms with Gasteiger partial charge in [0.1, 0.15) is 0 Å². The molecule has 0 atom stereocenters. The molecule has 2 N–H and O–H groups in total. The van der Waals surface area contributed by atoms with Gasteiger partial charge in [-0.3, -0.25) is 9.59 Å². The summed E-state index contributed by atoms with van der Waals surface area (Å²) >= 11 is 5.95. The van der Waals surface area contributed by atoms with Gasteiger partial charge in [-0.15, -0.1) is 0 Å². The number of carbonyl (C=O) groups is 2. The lowest BCUT2D eigenvalue weighted by Gasteiger charge is -2.10. The maximum Gasteiger partial charge on any atom is 0.251 e. The first-order valence-electron chi connectivity index (χ1n) is 9.01. The Hall–Kier alpha value is -2.37. The van der Waals surface area contributed by atoms with Crippen LogP contribution in [-0.4, -0.2) is 50.4 Å². The molecule has 0 radical (unpaired) electrons. The van der Waals surface area contributed by atoms with Crippen LogP contribution in [0.5, 0.6) is 0 Å². The predicted octanol–water partition coefficient (Wildman–Crippen LogP) is 2.99. The number of amides is 2. The number of hydrogen-bond donors (Lipinski definition) is 2. The number of hydrogen-bond acceptors (Lipinski definition) is 3. The lowest BCUT2D eigenvalue weighted by Crippen LogP contribution is -2.27. The third-order valence-electron chi connectivity index (χ3n) is 4.07. The van der Waals surface area contributed by atoms with Gasteiger partial charge in [0.15, 0.2) is 0 Å². The summed E-state index contributed by atoms with van der Waals surface area (Å²) in [7, 11) is 4.00. The minimum Gasteiger partial charge on any atom is -0.352 e. The minimum absolute atomic E-state index is 0.123. The Balaban J connectivity index is 1.78. The molecule has 2 aromatic rings. The quantitative estimate of drug-likeness (QED) is 0.650. The van der Waals surface area contributed by atoms with Gasteiger partial charge in [-0.05, 0) is 75.4 Å². The fourth-order valence-corrected chi connectivity index (χ4v) is 2.80. The molecule has 6 heteroatoms. The Morgan fingerprint density at radius 3 is 2.07 bits per heavy atom. The summed E-state index contributed by atoms with van der Waals surface area (Å²) in [6.07, 6.45) is 1.60. The summed E-state index contributed by atoms with van der Waals surface area (Å²) in [6.45, 7) is 2.07. The third-order valence-corrected chi connectivity index (χ3v) is 4.30. The second kappa shape index (κ2) is 10.7. The molecule has 0 saturated heterocycles. The zero-order chi connectivity index (χ0) is 19.6. The van der Waals surface area contributed by atoms with Crippen molar-refractivity contribution >= 4 is 23.4 Å². The number of rotatable bonds is 9. The first-order valence-corrected chi connectivity index (χ1v) is 9.39. The van der Waals surface area contributed by atoms with Crippen LogP contribution in [-0.2, 0) is 6.42 Å². The van der Waals surface area contributed by atoms with Crippen molar-refractivity contribution in [2.24, 2.45) is 0 Å². The second-order valence-corrected chi connectivity index (χ2v) is 7.06. The van der Waals surface area contributed by atoms with Crippen LogP contribution in [0.15, 0.2) is 48.5 Å². The van der Waals surface area contributed by atoms with Gasteiger partial charge >= 0.3 is 0 Å². The highest BCUT2D eigenvalue weighted by molar-refractivity contribution is 6.30. The summed E-state index contributed by atoms with van der Waals surface area (Å²) in [4.78, 5) is 26.4. The second-order valence-electron chi connectivity index (χ2n) is 6.63. The summed E-state index contributed by atoms with van der Waals surface area (Å²) in [6, 6.07) is 14.3. The van der Waals surface area contributed by atoms with Crippen LogP contribution in [0.2, 0.25) is 5.02 Å². The summed E-state index contributed by atoms with van der Waals surface area (Å²) in [5.41, 5.74) is 2.16. The summed E-state index contributed by atoms with van der Waals surface area (Å²) in [5.74, 6) is -0.281. The first kappa shape index (κ1) is 20.9. The zero-order valence-corrected chi connectivity index (χ0v) is 16.6. The molecule has 0 fully saturated rings. The van der Waals surface area contributed by atoms with Crippen molar-refractivity contribution < 1.29 is 9.59 Å². The highest BCUT2D eigenvalue weighted by atomic mass is 35.5. The third kappa shape index (κ3) is 7.41. The molecule has 5 nitrogen and oxygen atoms in total. The molecule has 0 aliphatic carbocycles. The van der Waals surface area contributed by atoms with Crippen LogP contribution >= 0.6 is 11.6 Å². The minimum atomic E-state index is -0.157. The van der Waals surface area contributed by atoms with E-state index in [1.54, 1.807) is 24.3 Å². The van der Waals surface area contributed by atoms with Crippen molar-refractivity contribution in [2.45, 2.75) is 12.8 Å². The molecular formula is C21H26ClN3O2. The van der Waals surface area contributed by atoms with E-state index in [9.17, 15) is 9.59 Å². The molecule has 0 aromatic heterocycles. The molecule has 0 aliphatic heterocycles. The number of nitrogens with zero attached hydrogens (tertiary/aromatic N) is 1. The Kier molecular flexibility index (Phi) is 8.30. The van der Waals surface area contributed by atoms with Gasteiger partial charge < -0.3 is 15.5 Å². The summed E-state index contributed by atoms with van der Waals surface area (Å²) in [5, 5.41) is 6.45. The molecule has 0 heterocycles. The monoisotopic (exact) mass is 387 g/mol. The standard InChI is InChI=1S/C21H26ClN3O2/c1-25(2)14-4-12-23-20(26)17-7-9-18(10-8-17)21(27)24-13-11-16-5-3-6-19(22)15-16/h3,5-10,15H,4,11-14H2,1-2H3,(H,23,26)(H,24,27). The van der Waals surface area contributed by atoms with Gasteiger partial charge in [-0.1, -0.05) is 23.7 Å². The highest BCUT2D eigenvalue weighted by Crippen LogP contribution is 2.11. The van der Waals surface area contributed by atoms with Crippen LogP contribution in [0.4, 0.5) is 0 Å². The van der Waals surface area contributed by atoms with E-state index in [-0.39, 0.29) is 11.8 Å². The summed E-state index contributed by atoms with van der Waals surface area (Å²) < 4.78 is 0. The van der Waals surface area contributed by atoms with Crippen molar-refractivity contribution in [2.75, 3.05) is 33.7 Å². The van der Waals surface area contributed by atoms with Crippen LogP contribution in [0.1, 0.15) is 32.7 Å². The van der Waals surface area contributed by atoms with Crippen molar-refractivity contribution in [3.63, 3.8) is 0 Å². The van der Waals surface area contributed by atoms with Crippen LogP contribution < -0.4 is 10.6 Å². The van der Waals surface area contributed by atoms with E-state index < -0.39 is 0 Å². The van der Waals surface area contributed by atoms with E-state index in [1.807, 2.05) is 38.4 Å². The lowest BCUT2D eigenvalue weighted by atomic mass is 10.1. The zero-order valence-electron chi connectivity index (χ0n) is 15.8. The Labute approximate surface area is 165 Å². The molecule has 144 valence electrons. The number of halogens is 1. The van der Waals surface area contributed by atoms with E-state index in [0.29, 0.717) is 35.7 Å². The van der Waals surface area contributed by atoms with E-state index in [4.69, 9.17) is 11.6 Å². The molecule has 2 aromatic carbocycles. The average molecular weight is 388 g/mol. The maximum absolute atomic E-state index is 12.2. The number of benzene rings is 2. The fraction of sp³-hybridized carbons (Fsp3) is 0.333. The predicted molar refractivity (Wildman–Crippen MR) is 109 cm³/mol. The molecule has 0 bridgehead atoms. The molecule has 0 saturated carbocycles. The molecule has 2 amide bonds.